The Morgan fingerprint density at radius 3 is 3.00 bits per heavy atom. The molecule has 1 heterocycles. The molecule has 2 N–H and O–H groups in total. The van der Waals surface area contributed by atoms with Crippen LogP contribution in [0, 0.1) is 0 Å². The minimum atomic E-state index is -0.0881. The van der Waals surface area contributed by atoms with Gasteiger partial charge >= 0.3 is 0 Å². The number of fused-ring (bicyclic) bond motifs is 1. The van der Waals surface area contributed by atoms with Crippen molar-refractivity contribution in [2.75, 3.05) is 7.11 Å². The highest BCUT2D eigenvalue weighted by molar-refractivity contribution is 5.43. The van der Waals surface area contributed by atoms with Gasteiger partial charge in [0.25, 0.3) is 0 Å². The molecule has 1 aromatic rings. The van der Waals surface area contributed by atoms with Gasteiger partial charge in [-0.3, -0.25) is 0 Å². The van der Waals surface area contributed by atoms with Crippen molar-refractivity contribution < 1.29 is 9.47 Å². The van der Waals surface area contributed by atoms with E-state index in [4.69, 9.17) is 15.2 Å². The fourth-order valence-electron chi connectivity index (χ4n) is 1.83. The SMILES string of the molecule is COc1cccc2c1C(N)[C@H](C)OC2. The van der Waals surface area contributed by atoms with Crippen LogP contribution in [-0.2, 0) is 11.3 Å². The van der Waals surface area contributed by atoms with Crippen molar-refractivity contribution in [2.45, 2.75) is 25.7 Å². The summed E-state index contributed by atoms with van der Waals surface area (Å²) in [5.74, 6) is 0.866. The number of hydrogen-bond donors (Lipinski definition) is 1. The van der Waals surface area contributed by atoms with E-state index in [1.807, 2.05) is 25.1 Å². The average Bonchev–Trinajstić information content (AvgIpc) is 2.23. The van der Waals surface area contributed by atoms with E-state index in [0.29, 0.717) is 6.61 Å². The molecule has 0 saturated carbocycles. The van der Waals surface area contributed by atoms with Crippen LogP contribution in [0.5, 0.6) is 5.75 Å². The number of benzene rings is 1. The first kappa shape index (κ1) is 9.49. The van der Waals surface area contributed by atoms with Crippen molar-refractivity contribution in [3.05, 3.63) is 29.3 Å². The quantitative estimate of drug-likeness (QED) is 0.737. The highest BCUT2D eigenvalue weighted by Gasteiger charge is 2.26. The molecule has 3 heteroatoms. The molecular formula is C11H15NO2. The monoisotopic (exact) mass is 193 g/mol. The lowest BCUT2D eigenvalue weighted by Gasteiger charge is -2.30. The summed E-state index contributed by atoms with van der Waals surface area (Å²) in [6.07, 6.45) is 0.0544. The molecule has 3 nitrogen and oxygen atoms in total. The van der Waals surface area contributed by atoms with Crippen LogP contribution in [0.2, 0.25) is 0 Å². The van der Waals surface area contributed by atoms with E-state index in [9.17, 15) is 0 Å². The van der Waals surface area contributed by atoms with Crippen LogP contribution < -0.4 is 10.5 Å². The van der Waals surface area contributed by atoms with Crippen LogP contribution in [0.4, 0.5) is 0 Å². The largest absolute Gasteiger partial charge is 0.496 e. The van der Waals surface area contributed by atoms with E-state index >= 15 is 0 Å². The Morgan fingerprint density at radius 1 is 1.50 bits per heavy atom. The number of nitrogens with two attached hydrogens (primary N) is 1. The molecule has 0 bridgehead atoms. The van der Waals surface area contributed by atoms with Crippen LogP contribution in [0.1, 0.15) is 24.1 Å². The first-order chi connectivity index (χ1) is 6.74. The molecule has 1 aliphatic heterocycles. The average molecular weight is 193 g/mol. The van der Waals surface area contributed by atoms with Gasteiger partial charge in [-0.25, -0.2) is 0 Å². The third-order valence-corrected chi connectivity index (χ3v) is 2.72. The smallest absolute Gasteiger partial charge is 0.124 e. The van der Waals surface area contributed by atoms with Crippen molar-refractivity contribution in [3.8, 4) is 5.75 Å². The zero-order chi connectivity index (χ0) is 10.1. The Hall–Kier alpha value is -1.06. The summed E-state index contributed by atoms with van der Waals surface area (Å²) >= 11 is 0. The van der Waals surface area contributed by atoms with Gasteiger partial charge in [-0.2, -0.15) is 0 Å². The molecule has 0 radical (unpaired) electrons. The molecule has 0 fully saturated rings. The standard InChI is InChI=1S/C11H15NO2/c1-7-11(12)10-8(6-14-7)4-3-5-9(10)13-2/h3-5,7,11H,6,12H2,1-2H3/t7-,11?/m0/s1. The molecule has 0 aliphatic carbocycles. The summed E-state index contributed by atoms with van der Waals surface area (Å²) < 4.78 is 10.8. The minimum Gasteiger partial charge on any atom is -0.496 e. The first-order valence-electron chi connectivity index (χ1n) is 4.77. The summed E-state index contributed by atoms with van der Waals surface area (Å²) in [6, 6.07) is 5.85. The van der Waals surface area contributed by atoms with Crippen LogP contribution >= 0.6 is 0 Å². The van der Waals surface area contributed by atoms with E-state index < -0.39 is 0 Å². The number of hydrogen-bond acceptors (Lipinski definition) is 3. The predicted molar refractivity (Wildman–Crippen MR) is 54.2 cm³/mol. The fourth-order valence-corrected chi connectivity index (χ4v) is 1.83. The van der Waals surface area contributed by atoms with Gasteiger partial charge < -0.3 is 15.2 Å². The van der Waals surface area contributed by atoms with Crippen LogP contribution in [0.3, 0.4) is 0 Å². The maximum Gasteiger partial charge on any atom is 0.124 e. The second-order valence-electron chi connectivity index (χ2n) is 3.57. The summed E-state index contributed by atoms with van der Waals surface area (Å²) in [4.78, 5) is 0. The zero-order valence-corrected chi connectivity index (χ0v) is 8.49. The van der Waals surface area contributed by atoms with Gasteiger partial charge in [-0.05, 0) is 18.6 Å². The Balaban J connectivity index is 2.49. The third-order valence-electron chi connectivity index (χ3n) is 2.72. The highest BCUT2D eigenvalue weighted by atomic mass is 16.5. The van der Waals surface area contributed by atoms with Crippen LogP contribution in [0.25, 0.3) is 0 Å². The van der Waals surface area contributed by atoms with E-state index in [1.165, 1.54) is 0 Å². The Morgan fingerprint density at radius 2 is 2.29 bits per heavy atom. The Kier molecular flexibility index (Phi) is 2.44. The molecule has 1 aliphatic rings. The molecule has 1 unspecified atom stereocenters. The van der Waals surface area contributed by atoms with Crippen molar-refractivity contribution in [1.82, 2.24) is 0 Å². The van der Waals surface area contributed by atoms with Crippen molar-refractivity contribution in [2.24, 2.45) is 5.73 Å². The maximum atomic E-state index is 6.06. The van der Waals surface area contributed by atoms with Gasteiger partial charge in [0.15, 0.2) is 0 Å². The van der Waals surface area contributed by atoms with Gasteiger partial charge in [-0.1, -0.05) is 12.1 Å². The maximum absolute atomic E-state index is 6.06. The van der Waals surface area contributed by atoms with Gasteiger partial charge in [0, 0.05) is 5.56 Å². The molecule has 1 aromatic carbocycles. The molecule has 2 rings (SSSR count). The normalized spacial score (nSPS) is 25.6. The lowest BCUT2D eigenvalue weighted by Crippen LogP contribution is -2.31. The second kappa shape index (κ2) is 3.59. The molecule has 0 aromatic heterocycles. The molecule has 0 amide bonds. The fraction of sp³-hybridized carbons (Fsp3) is 0.455. The van der Waals surface area contributed by atoms with Crippen LogP contribution in [0.15, 0.2) is 18.2 Å². The molecule has 0 saturated heterocycles. The second-order valence-corrected chi connectivity index (χ2v) is 3.57. The molecule has 0 spiro atoms. The number of methoxy groups -OCH3 is 1. The van der Waals surface area contributed by atoms with Gasteiger partial charge in [-0.15, -0.1) is 0 Å². The van der Waals surface area contributed by atoms with E-state index in [-0.39, 0.29) is 12.1 Å². The lowest BCUT2D eigenvalue weighted by atomic mass is 9.94. The Bertz CT molecular complexity index is 324. The van der Waals surface area contributed by atoms with Crippen molar-refractivity contribution in [3.63, 3.8) is 0 Å². The van der Waals surface area contributed by atoms with Crippen LogP contribution in [-0.4, -0.2) is 13.2 Å². The third kappa shape index (κ3) is 1.38. The summed E-state index contributed by atoms with van der Waals surface area (Å²) in [5, 5.41) is 0. The van der Waals surface area contributed by atoms with Gasteiger partial charge in [0.2, 0.25) is 0 Å². The molecule has 2 atom stereocenters. The first-order valence-corrected chi connectivity index (χ1v) is 4.77. The van der Waals surface area contributed by atoms with E-state index in [0.717, 1.165) is 16.9 Å². The molecular weight excluding hydrogens is 178 g/mol. The summed E-state index contributed by atoms with van der Waals surface area (Å²) in [5.41, 5.74) is 8.29. The predicted octanol–water partition coefficient (Wildman–Crippen LogP) is 1.61. The van der Waals surface area contributed by atoms with Crippen molar-refractivity contribution >= 4 is 0 Å². The summed E-state index contributed by atoms with van der Waals surface area (Å²) in [7, 11) is 1.67. The Labute approximate surface area is 83.8 Å². The molecule has 14 heavy (non-hydrogen) atoms. The topological polar surface area (TPSA) is 44.5 Å². The molecule has 76 valence electrons. The van der Waals surface area contributed by atoms with Crippen molar-refractivity contribution in [1.29, 1.82) is 0 Å². The highest BCUT2D eigenvalue weighted by Crippen LogP contribution is 2.34. The zero-order valence-electron chi connectivity index (χ0n) is 8.49. The lowest BCUT2D eigenvalue weighted by molar-refractivity contribution is 0.0204. The minimum absolute atomic E-state index is 0.0544. The van der Waals surface area contributed by atoms with Gasteiger partial charge in [0.05, 0.1) is 25.9 Å². The summed E-state index contributed by atoms with van der Waals surface area (Å²) in [6.45, 7) is 2.61. The van der Waals surface area contributed by atoms with Gasteiger partial charge in [0.1, 0.15) is 5.75 Å². The number of ether oxygens (including phenoxy) is 2. The number of rotatable bonds is 1. The van der Waals surface area contributed by atoms with E-state index in [1.54, 1.807) is 7.11 Å². The van der Waals surface area contributed by atoms with E-state index in [2.05, 4.69) is 0 Å².